The molecule has 0 amide bonds. The van der Waals surface area contributed by atoms with Gasteiger partial charge in [0.25, 0.3) is 0 Å². The molecule has 0 spiro atoms. The van der Waals surface area contributed by atoms with Crippen molar-refractivity contribution in [1.82, 2.24) is 9.55 Å². The van der Waals surface area contributed by atoms with Crippen LogP contribution in [0.1, 0.15) is 29.7 Å². The maximum atomic E-state index is 13.0. The van der Waals surface area contributed by atoms with Gasteiger partial charge in [-0.1, -0.05) is 12.1 Å². The van der Waals surface area contributed by atoms with Gasteiger partial charge in [-0.15, -0.1) is 12.4 Å². The Kier molecular flexibility index (Phi) is 5.52. The highest BCUT2D eigenvalue weighted by Gasteiger charge is 2.25. The van der Waals surface area contributed by atoms with E-state index < -0.39 is 0 Å². The molecule has 2 aromatic heterocycles. The van der Waals surface area contributed by atoms with E-state index in [1.807, 2.05) is 6.20 Å². The number of rotatable bonds is 6. The zero-order valence-electron chi connectivity index (χ0n) is 15.2. The molecule has 0 atom stereocenters. The first-order valence-electron chi connectivity index (χ1n) is 8.95. The summed E-state index contributed by atoms with van der Waals surface area (Å²) < 4.78 is 21.4. The Morgan fingerprint density at radius 2 is 1.88 bits per heavy atom. The molecule has 1 aliphatic carbocycles. The van der Waals surface area contributed by atoms with Gasteiger partial charge < -0.3 is 9.30 Å². The van der Waals surface area contributed by atoms with E-state index in [1.54, 1.807) is 12.1 Å². The first kappa shape index (κ1) is 18.7. The molecular weight excluding hydrogens is 351 g/mol. The highest BCUT2D eigenvalue weighted by atomic mass is 35.5. The number of hydrogen-bond acceptors (Lipinski definition) is 2. The van der Waals surface area contributed by atoms with Crippen LogP contribution in [0.5, 0.6) is 5.88 Å². The van der Waals surface area contributed by atoms with Crippen LogP contribution in [0.15, 0.2) is 36.5 Å². The Labute approximate surface area is 159 Å². The molecule has 1 fully saturated rings. The summed E-state index contributed by atoms with van der Waals surface area (Å²) in [6, 6.07) is 8.66. The lowest BCUT2D eigenvalue weighted by molar-refractivity contribution is 0.312. The first-order valence-corrected chi connectivity index (χ1v) is 8.95. The molecule has 0 bridgehead atoms. The third kappa shape index (κ3) is 3.70. The monoisotopic (exact) mass is 374 g/mol. The molecule has 0 saturated heterocycles. The molecule has 0 radical (unpaired) electrons. The third-order valence-electron chi connectivity index (χ3n) is 5.19. The van der Waals surface area contributed by atoms with Crippen molar-refractivity contribution >= 4 is 23.3 Å². The standard InChI is InChI=1S/C21H23FN2O.ClH/c1-14-15(2)24(13-17-3-4-17)20-19(14)9-11-23-21(20)25-12-10-16-5-7-18(22)8-6-16;/h5-9,11,17H,3-4,10,12-13H2,1-2H3;1H. The van der Waals surface area contributed by atoms with Gasteiger partial charge in [-0.2, -0.15) is 0 Å². The third-order valence-corrected chi connectivity index (χ3v) is 5.19. The van der Waals surface area contributed by atoms with Gasteiger partial charge in [-0.3, -0.25) is 0 Å². The van der Waals surface area contributed by atoms with Crippen LogP contribution in [-0.2, 0) is 13.0 Å². The molecule has 3 aromatic rings. The van der Waals surface area contributed by atoms with E-state index in [1.165, 1.54) is 41.6 Å². The van der Waals surface area contributed by atoms with E-state index in [0.29, 0.717) is 12.5 Å². The van der Waals surface area contributed by atoms with Gasteiger partial charge in [0.05, 0.1) is 6.61 Å². The average molecular weight is 375 g/mol. The molecule has 1 aromatic carbocycles. The zero-order valence-corrected chi connectivity index (χ0v) is 16.0. The summed E-state index contributed by atoms with van der Waals surface area (Å²) in [5, 5.41) is 1.23. The smallest absolute Gasteiger partial charge is 0.238 e. The van der Waals surface area contributed by atoms with E-state index in [9.17, 15) is 4.39 Å². The molecule has 0 N–H and O–H groups in total. The minimum Gasteiger partial charge on any atom is -0.476 e. The van der Waals surface area contributed by atoms with E-state index in [4.69, 9.17) is 4.74 Å². The molecule has 2 heterocycles. The van der Waals surface area contributed by atoms with Gasteiger partial charge in [-0.25, -0.2) is 9.37 Å². The SMILES string of the molecule is Cc1c(C)n(CC2CC2)c2c(OCCc3ccc(F)cc3)nccc12.Cl. The maximum absolute atomic E-state index is 13.0. The van der Waals surface area contributed by atoms with Gasteiger partial charge in [0.2, 0.25) is 5.88 Å². The summed E-state index contributed by atoms with van der Waals surface area (Å²) in [4.78, 5) is 4.49. The van der Waals surface area contributed by atoms with E-state index in [2.05, 4.69) is 29.5 Å². The summed E-state index contributed by atoms with van der Waals surface area (Å²) >= 11 is 0. The van der Waals surface area contributed by atoms with Gasteiger partial charge in [-0.05, 0) is 61.9 Å². The van der Waals surface area contributed by atoms with Crippen molar-refractivity contribution in [1.29, 1.82) is 0 Å². The average Bonchev–Trinajstić information content (AvgIpc) is 3.40. The molecule has 0 aliphatic heterocycles. The predicted molar refractivity (Wildman–Crippen MR) is 105 cm³/mol. The van der Waals surface area contributed by atoms with Crippen molar-refractivity contribution in [3.05, 3.63) is 59.2 Å². The molecule has 0 unspecified atom stereocenters. The van der Waals surface area contributed by atoms with E-state index >= 15 is 0 Å². The highest BCUT2D eigenvalue weighted by Crippen LogP contribution is 2.36. The van der Waals surface area contributed by atoms with Crippen molar-refractivity contribution in [2.75, 3.05) is 6.61 Å². The number of pyridine rings is 1. The van der Waals surface area contributed by atoms with Crippen molar-refractivity contribution in [3.8, 4) is 5.88 Å². The van der Waals surface area contributed by atoms with Crippen molar-refractivity contribution < 1.29 is 9.13 Å². The van der Waals surface area contributed by atoms with Gasteiger partial charge in [0.1, 0.15) is 11.3 Å². The molecule has 1 aliphatic rings. The number of hydrogen-bond donors (Lipinski definition) is 0. The fourth-order valence-electron chi connectivity index (χ4n) is 3.37. The zero-order chi connectivity index (χ0) is 17.4. The summed E-state index contributed by atoms with van der Waals surface area (Å²) in [5.74, 6) is 1.29. The molecule has 138 valence electrons. The number of ether oxygens (including phenoxy) is 1. The predicted octanol–water partition coefficient (Wildman–Crippen LogP) is 5.25. The Morgan fingerprint density at radius 3 is 2.58 bits per heavy atom. The van der Waals surface area contributed by atoms with E-state index in [0.717, 1.165) is 30.0 Å². The van der Waals surface area contributed by atoms with Crippen molar-refractivity contribution in [2.45, 2.75) is 39.7 Å². The minimum atomic E-state index is -0.208. The summed E-state index contributed by atoms with van der Waals surface area (Å²) in [6.07, 6.45) is 5.20. The number of aryl methyl sites for hydroxylation is 1. The van der Waals surface area contributed by atoms with Crippen LogP contribution in [0, 0.1) is 25.6 Å². The Bertz CT molecular complexity index is 901. The number of benzene rings is 1. The normalized spacial score (nSPS) is 13.7. The Hall–Kier alpha value is -2.07. The molecule has 4 rings (SSSR count). The fraction of sp³-hybridized carbons (Fsp3) is 0.381. The topological polar surface area (TPSA) is 27.1 Å². The van der Waals surface area contributed by atoms with Crippen LogP contribution in [0.25, 0.3) is 10.9 Å². The van der Waals surface area contributed by atoms with Crippen molar-refractivity contribution in [2.24, 2.45) is 5.92 Å². The van der Waals surface area contributed by atoms with E-state index in [-0.39, 0.29) is 18.2 Å². The Morgan fingerprint density at radius 1 is 1.15 bits per heavy atom. The minimum absolute atomic E-state index is 0. The molecule has 5 heteroatoms. The number of aromatic nitrogens is 2. The largest absolute Gasteiger partial charge is 0.476 e. The van der Waals surface area contributed by atoms with Crippen LogP contribution < -0.4 is 4.74 Å². The Balaban J connectivity index is 0.00000196. The summed E-state index contributed by atoms with van der Waals surface area (Å²) in [7, 11) is 0. The maximum Gasteiger partial charge on any atom is 0.238 e. The molecule has 1 saturated carbocycles. The number of halogens is 2. The van der Waals surface area contributed by atoms with Gasteiger partial charge >= 0.3 is 0 Å². The second kappa shape index (κ2) is 7.67. The van der Waals surface area contributed by atoms with Gasteiger partial charge in [0, 0.05) is 30.2 Å². The lowest BCUT2D eigenvalue weighted by Gasteiger charge is -2.11. The van der Waals surface area contributed by atoms with Gasteiger partial charge in [0.15, 0.2) is 0 Å². The first-order chi connectivity index (χ1) is 12.1. The quantitative estimate of drug-likeness (QED) is 0.589. The lowest BCUT2D eigenvalue weighted by atomic mass is 10.1. The second-order valence-corrected chi connectivity index (χ2v) is 7.00. The van der Waals surface area contributed by atoms with Crippen LogP contribution in [0.3, 0.4) is 0 Å². The molecular formula is C21H24ClFN2O. The summed E-state index contributed by atoms with van der Waals surface area (Å²) in [5.41, 5.74) is 4.79. The number of fused-ring (bicyclic) bond motifs is 1. The fourth-order valence-corrected chi connectivity index (χ4v) is 3.37. The van der Waals surface area contributed by atoms with Crippen LogP contribution in [-0.4, -0.2) is 16.2 Å². The molecule has 3 nitrogen and oxygen atoms in total. The highest BCUT2D eigenvalue weighted by molar-refractivity contribution is 5.88. The van der Waals surface area contributed by atoms with Crippen LogP contribution in [0.2, 0.25) is 0 Å². The van der Waals surface area contributed by atoms with Crippen molar-refractivity contribution in [3.63, 3.8) is 0 Å². The summed E-state index contributed by atoms with van der Waals surface area (Å²) in [6.45, 7) is 5.93. The number of nitrogens with zero attached hydrogens (tertiary/aromatic N) is 2. The second-order valence-electron chi connectivity index (χ2n) is 7.00. The lowest BCUT2D eigenvalue weighted by Crippen LogP contribution is -2.07. The molecule has 26 heavy (non-hydrogen) atoms. The van der Waals surface area contributed by atoms with Crippen LogP contribution >= 0.6 is 12.4 Å². The van der Waals surface area contributed by atoms with Crippen LogP contribution in [0.4, 0.5) is 4.39 Å².